The van der Waals surface area contributed by atoms with Crippen LogP contribution in [0.1, 0.15) is 0 Å². The Labute approximate surface area is 104 Å². The second kappa shape index (κ2) is 4.15. The Balaban J connectivity index is 2.26. The highest BCUT2D eigenvalue weighted by Crippen LogP contribution is 2.26. The molecule has 0 saturated carbocycles. The van der Waals surface area contributed by atoms with Gasteiger partial charge >= 0.3 is 0 Å². The molecule has 3 rings (SSSR count). The lowest BCUT2D eigenvalue weighted by atomic mass is 10.1. The zero-order chi connectivity index (χ0) is 11.7. The van der Waals surface area contributed by atoms with E-state index in [9.17, 15) is 0 Å². The summed E-state index contributed by atoms with van der Waals surface area (Å²) in [6, 6.07) is 13.8. The van der Waals surface area contributed by atoms with Gasteiger partial charge in [0.15, 0.2) is 0 Å². The Hall–Kier alpha value is -1.93. The standard InChI is InChI=1S/C14H9ClN2/c15-14-12-6-2-1-4-10(12)8-13(17-14)11-5-3-7-16-9-11/h1-9H. The number of halogens is 1. The summed E-state index contributed by atoms with van der Waals surface area (Å²) in [4.78, 5) is 8.48. The van der Waals surface area contributed by atoms with Crippen molar-refractivity contribution >= 4 is 22.4 Å². The zero-order valence-electron chi connectivity index (χ0n) is 8.97. The van der Waals surface area contributed by atoms with E-state index in [2.05, 4.69) is 9.97 Å². The number of rotatable bonds is 1. The van der Waals surface area contributed by atoms with Crippen molar-refractivity contribution in [2.24, 2.45) is 0 Å². The fourth-order valence-electron chi connectivity index (χ4n) is 1.82. The smallest absolute Gasteiger partial charge is 0.137 e. The van der Waals surface area contributed by atoms with Crippen molar-refractivity contribution < 1.29 is 0 Å². The molecule has 0 bridgehead atoms. The quantitative estimate of drug-likeness (QED) is 0.602. The van der Waals surface area contributed by atoms with Crippen LogP contribution in [-0.4, -0.2) is 9.97 Å². The van der Waals surface area contributed by atoms with Gasteiger partial charge in [-0.25, -0.2) is 4.98 Å². The lowest BCUT2D eigenvalue weighted by Gasteiger charge is -2.04. The summed E-state index contributed by atoms with van der Waals surface area (Å²) in [6.45, 7) is 0. The van der Waals surface area contributed by atoms with Gasteiger partial charge in [-0.05, 0) is 23.6 Å². The third-order valence-electron chi connectivity index (χ3n) is 2.65. The molecule has 2 heterocycles. The van der Waals surface area contributed by atoms with Crippen molar-refractivity contribution in [3.63, 3.8) is 0 Å². The predicted octanol–water partition coefficient (Wildman–Crippen LogP) is 3.95. The van der Waals surface area contributed by atoms with E-state index >= 15 is 0 Å². The van der Waals surface area contributed by atoms with Gasteiger partial charge in [-0.1, -0.05) is 35.9 Å². The van der Waals surface area contributed by atoms with E-state index < -0.39 is 0 Å². The second-order valence-electron chi connectivity index (χ2n) is 3.76. The molecule has 2 nitrogen and oxygen atoms in total. The van der Waals surface area contributed by atoms with Crippen molar-refractivity contribution in [1.82, 2.24) is 9.97 Å². The van der Waals surface area contributed by atoms with Crippen LogP contribution in [0.3, 0.4) is 0 Å². The summed E-state index contributed by atoms with van der Waals surface area (Å²) < 4.78 is 0. The Kier molecular flexibility index (Phi) is 2.50. The molecule has 3 heteroatoms. The Morgan fingerprint density at radius 2 is 1.88 bits per heavy atom. The number of hydrogen-bond acceptors (Lipinski definition) is 2. The van der Waals surface area contributed by atoms with Crippen molar-refractivity contribution in [3.8, 4) is 11.3 Å². The summed E-state index contributed by atoms with van der Waals surface area (Å²) in [5, 5.41) is 2.59. The van der Waals surface area contributed by atoms with Gasteiger partial charge in [-0.2, -0.15) is 0 Å². The molecular weight excluding hydrogens is 232 g/mol. The van der Waals surface area contributed by atoms with E-state index in [1.807, 2.05) is 42.5 Å². The number of hydrogen-bond donors (Lipinski definition) is 0. The van der Waals surface area contributed by atoms with Gasteiger partial charge in [0.05, 0.1) is 5.69 Å². The summed E-state index contributed by atoms with van der Waals surface area (Å²) in [6.07, 6.45) is 3.53. The van der Waals surface area contributed by atoms with Gasteiger partial charge in [-0.3, -0.25) is 4.98 Å². The monoisotopic (exact) mass is 240 g/mol. The molecule has 0 N–H and O–H groups in total. The van der Waals surface area contributed by atoms with E-state index in [1.54, 1.807) is 12.4 Å². The van der Waals surface area contributed by atoms with Crippen LogP contribution in [-0.2, 0) is 0 Å². The fraction of sp³-hybridized carbons (Fsp3) is 0. The maximum absolute atomic E-state index is 6.18. The summed E-state index contributed by atoms with van der Waals surface area (Å²) >= 11 is 6.18. The van der Waals surface area contributed by atoms with Crippen molar-refractivity contribution in [1.29, 1.82) is 0 Å². The largest absolute Gasteiger partial charge is 0.264 e. The Morgan fingerprint density at radius 3 is 2.71 bits per heavy atom. The van der Waals surface area contributed by atoms with Crippen LogP contribution in [0, 0.1) is 0 Å². The minimum absolute atomic E-state index is 0.530. The molecule has 0 atom stereocenters. The number of aromatic nitrogens is 2. The Bertz CT molecular complexity index is 665. The average Bonchev–Trinajstić information content (AvgIpc) is 2.40. The van der Waals surface area contributed by atoms with Gasteiger partial charge in [0.2, 0.25) is 0 Å². The van der Waals surface area contributed by atoms with Crippen LogP contribution in [0.2, 0.25) is 5.15 Å². The first-order valence-electron chi connectivity index (χ1n) is 5.30. The van der Waals surface area contributed by atoms with Crippen molar-refractivity contribution in [3.05, 3.63) is 60.0 Å². The maximum atomic E-state index is 6.18. The average molecular weight is 241 g/mol. The van der Waals surface area contributed by atoms with E-state index in [-0.39, 0.29) is 0 Å². The minimum Gasteiger partial charge on any atom is -0.264 e. The number of pyridine rings is 2. The van der Waals surface area contributed by atoms with Crippen LogP contribution in [0.5, 0.6) is 0 Å². The summed E-state index contributed by atoms with van der Waals surface area (Å²) in [5.41, 5.74) is 1.82. The molecule has 3 aromatic rings. The zero-order valence-corrected chi connectivity index (χ0v) is 9.72. The van der Waals surface area contributed by atoms with Gasteiger partial charge in [0.1, 0.15) is 5.15 Å². The van der Waals surface area contributed by atoms with Gasteiger partial charge < -0.3 is 0 Å². The molecule has 0 unspecified atom stereocenters. The number of nitrogens with zero attached hydrogens (tertiary/aromatic N) is 2. The van der Waals surface area contributed by atoms with Crippen molar-refractivity contribution in [2.45, 2.75) is 0 Å². The molecule has 0 fully saturated rings. The lowest BCUT2D eigenvalue weighted by molar-refractivity contribution is 1.29. The van der Waals surface area contributed by atoms with E-state index in [4.69, 9.17) is 11.6 Å². The second-order valence-corrected chi connectivity index (χ2v) is 4.12. The van der Waals surface area contributed by atoms with E-state index in [1.165, 1.54) is 0 Å². The van der Waals surface area contributed by atoms with Crippen LogP contribution in [0.25, 0.3) is 22.0 Å². The van der Waals surface area contributed by atoms with Gasteiger partial charge in [0.25, 0.3) is 0 Å². The Morgan fingerprint density at radius 1 is 1.00 bits per heavy atom. The molecule has 17 heavy (non-hydrogen) atoms. The summed E-state index contributed by atoms with van der Waals surface area (Å²) in [5.74, 6) is 0. The van der Waals surface area contributed by atoms with Crippen LogP contribution >= 0.6 is 11.6 Å². The molecule has 0 aliphatic carbocycles. The maximum Gasteiger partial charge on any atom is 0.137 e. The highest BCUT2D eigenvalue weighted by atomic mass is 35.5. The van der Waals surface area contributed by atoms with Gasteiger partial charge in [-0.15, -0.1) is 0 Å². The van der Waals surface area contributed by atoms with Crippen molar-refractivity contribution in [2.75, 3.05) is 0 Å². The third-order valence-corrected chi connectivity index (χ3v) is 2.94. The minimum atomic E-state index is 0.530. The number of fused-ring (bicyclic) bond motifs is 1. The van der Waals surface area contributed by atoms with Crippen LogP contribution in [0.4, 0.5) is 0 Å². The highest BCUT2D eigenvalue weighted by Gasteiger charge is 2.05. The number of benzene rings is 1. The normalized spacial score (nSPS) is 10.6. The van der Waals surface area contributed by atoms with Crippen LogP contribution in [0.15, 0.2) is 54.9 Å². The molecule has 2 aromatic heterocycles. The van der Waals surface area contributed by atoms with E-state index in [0.717, 1.165) is 22.0 Å². The first-order valence-corrected chi connectivity index (χ1v) is 5.68. The fourth-order valence-corrected chi connectivity index (χ4v) is 2.08. The molecular formula is C14H9ClN2. The first kappa shape index (κ1) is 10.2. The van der Waals surface area contributed by atoms with Gasteiger partial charge in [0, 0.05) is 23.3 Å². The third kappa shape index (κ3) is 1.87. The molecule has 1 aromatic carbocycles. The molecule has 0 spiro atoms. The topological polar surface area (TPSA) is 25.8 Å². The molecule has 0 saturated heterocycles. The SMILES string of the molecule is Clc1nc(-c2cccnc2)cc2ccccc12. The molecule has 0 amide bonds. The lowest BCUT2D eigenvalue weighted by Crippen LogP contribution is -1.86. The molecule has 0 radical (unpaired) electrons. The predicted molar refractivity (Wildman–Crippen MR) is 70.0 cm³/mol. The molecule has 0 aliphatic rings. The molecule has 82 valence electrons. The molecule has 0 aliphatic heterocycles. The summed E-state index contributed by atoms with van der Waals surface area (Å²) in [7, 11) is 0. The van der Waals surface area contributed by atoms with Crippen LogP contribution < -0.4 is 0 Å². The first-order chi connectivity index (χ1) is 8.34. The highest BCUT2D eigenvalue weighted by molar-refractivity contribution is 6.34. The van der Waals surface area contributed by atoms with E-state index in [0.29, 0.717) is 5.15 Å².